The highest BCUT2D eigenvalue weighted by Crippen LogP contribution is 2.37. The van der Waals surface area contributed by atoms with Gasteiger partial charge in [-0.15, -0.1) is 0 Å². The third kappa shape index (κ3) is 4.33. The van der Waals surface area contributed by atoms with Crippen molar-refractivity contribution < 1.29 is 19.5 Å². The molecule has 5 heteroatoms. The second-order valence-electron chi connectivity index (χ2n) is 5.95. The molecule has 0 aromatic carbocycles. The Morgan fingerprint density at radius 2 is 1.74 bits per heavy atom. The Hall–Kier alpha value is -1.39. The molecule has 0 spiro atoms. The highest BCUT2D eigenvalue weighted by Gasteiger charge is 2.35. The smallest absolute Gasteiger partial charge is 0.361 e. The molecule has 1 fully saturated rings. The van der Waals surface area contributed by atoms with Crippen molar-refractivity contribution >= 4 is 17.5 Å². The van der Waals surface area contributed by atoms with Gasteiger partial charge in [-0.3, -0.25) is 4.79 Å². The average Bonchev–Trinajstić information content (AvgIpc) is 2.28. The normalized spacial score (nSPS) is 24.9. The van der Waals surface area contributed by atoms with Gasteiger partial charge < -0.3 is 9.94 Å². The minimum atomic E-state index is -1.35. The number of aliphatic carboxylic acids is 1. The van der Waals surface area contributed by atoms with Crippen molar-refractivity contribution in [2.45, 2.75) is 59.0 Å². The molecule has 19 heavy (non-hydrogen) atoms. The molecule has 108 valence electrons. The number of carbonyl (C=O) groups is 2. The quantitative estimate of drug-likeness (QED) is 0.473. The summed E-state index contributed by atoms with van der Waals surface area (Å²) in [4.78, 5) is 27.4. The zero-order chi connectivity index (χ0) is 14.6. The number of ketones is 1. The number of Topliss-reactive ketones (excluding diaryl/α,β-unsaturated/α-hetero) is 1. The number of hydrogen-bond acceptors (Lipinski definition) is 4. The molecule has 5 nitrogen and oxygen atoms in total. The van der Waals surface area contributed by atoms with Gasteiger partial charge in [0.1, 0.15) is 5.60 Å². The molecule has 1 saturated carbocycles. The van der Waals surface area contributed by atoms with Crippen molar-refractivity contribution in [3.63, 3.8) is 0 Å². The fourth-order valence-electron chi connectivity index (χ4n) is 2.45. The number of oxime groups is 1. The molecule has 0 aliphatic heterocycles. The van der Waals surface area contributed by atoms with E-state index in [1.54, 1.807) is 0 Å². The monoisotopic (exact) mass is 269 g/mol. The SMILES string of the molecule is CC(=O)C(=NOC(C)(C)[C@H]1CC[C@H](C)CC1)C(=O)O. The zero-order valence-corrected chi connectivity index (χ0v) is 12.1. The first kappa shape index (κ1) is 15.7. The van der Waals surface area contributed by atoms with Crippen LogP contribution in [0, 0.1) is 11.8 Å². The number of rotatable bonds is 5. The maximum atomic E-state index is 11.1. The molecule has 0 bridgehead atoms. The molecule has 0 unspecified atom stereocenters. The van der Waals surface area contributed by atoms with E-state index < -0.39 is 23.1 Å². The Bertz CT molecular complexity index is 363. The van der Waals surface area contributed by atoms with Crippen molar-refractivity contribution in [1.82, 2.24) is 0 Å². The maximum absolute atomic E-state index is 11.1. The first-order valence-corrected chi connectivity index (χ1v) is 6.74. The largest absolute Gasteiger partial charge is 0.476 e. The van der Waals surface area contributed by atoms with Gasteiger partial charge in [0, 0.05) is 12.8 Å². The molecule has 0 aromatic heterocycles. The van der Waals surface area contributed by atoms with E-state index in [0.29, 0.717) is 5.92 Å². The van der Waals surface area contributed by atoms with Crippen LogP contribution in [0.3, 0.4) is 0 Å². The maximum Gasteiger partial charge on any atom is 0.361 e. The van der Waals surface area contributed by atoms with Crippen molar-refractivity contribution in [2.24, 2.45) is 17.0 Å². The minimum absolute atomic E-state index is 0.342. The van der Waals surface area contributed by atoms with Gasteiger partial charge in [0.25, 0.3) is 0 Å². The van der Waals surface area contributed by atoms with Crippen LogP contribution >= 0.6 is 0 Å². The van der Waals surface area contributed by atoms with Gasteiger partial charge in [0.15, 0.2) is 5.78 Å². The lowest BCUT2D eigenvalue weighted by Crippen LogP contribution is -2.36. The van der Waals surface area contributed by atoms with Gasteiger partial charge in [0.05, 0.1) is 0 Å². The molecular weight excluding hydrogens is 246 g/mol. The van der Waals surface area contributed by atoms with E-state index in [4.69, 9.17) is 9.94 Å². The predicted octanol–water partition coefficient (Wildman–Crippen LogP) is 2.64. The number of carboxylic acids is 1. The van der Waals surface area contributed by atoms with Gasteiger partial charge in [0.2, 0.25) is 5.71 Å². The first-order valence-electron chi connectivity index (χ1n) is 6.74. The highest BCUT2D eigenvalue weighted by atomic mass is 16.7. The topological polar surface area (TPSA) is 76.0 Å². The molecule has 0 amide bonds. The number of carbonyl (C=O) groups excluding carboxylic acids is 1. The Labute approximate surface area is 114 Å². The molecule has 0 heterocycles. The van der Waals surface area contributed by atoms with Crippen LogP contribution in [0.1, 0.15) is 53.4 Å². The van der Waals surface area contributed by atoms with E-state index in [0.717, 1.165) is 31.6 Å². The lowest BCUT2D eigenvalue weighted by molar-refractivity contribution is -0.131. The minimum Gasteiger partial charge on any atom is -0.476 e. The second-order valence-corrected chi connectivity index (χ2v) is 5.95. The Kier molecular flexibility index (Phi) is 5.09. The molecule has 1 rings (SSSR count). The fraction of sp³-hybridized carbons (Fsp3) is 0.786. The van der Waals surface area contributed by atoms with E-state index in [1.165, 1.54) is 6.92 Å². The van der Waals surface area contributed by atoms with Gasteiger partial charge in [-0.25, -0.2) is 4.79 Å². The lowest BCUT2D eigenvalue weighted by Gasteiger charge is -2.36. The van der Waals surface area contributed by atoms with E-state index in [1.807, 2.05) is 13.8 Å². The molecule has 0 aromatic rings. The van der Waals surface area contributed by atoms with Crippen LogP contribution in [0.25, 0.3) is 0 Å². The Morgan fingerprint density at radius 1 is 1.21 bits per heavy atom. The number of carboxylic acid groups (broad SMARTS) is 1. The predicted molar refractivity (Wildman–Crippen MR) is 72.0 cm³/mol. The van der Waals surface area contributed by atoms with Crippen molar-refractivity contribution in [2.75, 3.05) is 0 Å². The second kappa shape index (κ2) is 6.17. The first-order chi connectivity index (χ1) is 8.74. The van der Waals surface area contributed by atoms with Crippen molar-refractivity contribution in [3.8, 4) is 0 Å². The van der Waals surface area contributed by atoms with Crippen LogP contribution in [0.2, 0.25) is 0 Å². The van der Waals surface area contributed by atoms with Crippen LogP contribution in [-0.4, -0.2) is 28.2 Å². The zero-order valence-electron chi connectivity index (χ0n) is 12.1. The summed E-state index contributed by atoms with van der Waals surface area (Å²) in [5.74, 6) is -0.863. The lowest BCUT2D eigenvalue weighted by atomic mass is 9.75. The third-order valence-electron chi connectivity index (χ3n) is 3.91. The van der Waals surface area contributed by atoms with Gasteiger partial charge in [-0.05, 0) is 32.6 Å². The summed E-state index contributed by atoms with van der Waals surface area (Å²) in [6, 6.07) is 0. The fourth-order valence-corrected chi connectivity index (χ4v) is 2.45. The van der Waals surface area contributed by atoms with Crippen LogP contribution in [0.5, 0.6) is 0 Å². The summed E-state index contributed by atoms with van der Waals surface area (Å²) in [7, 11) is 0. The molecule has 1 N–H and O–H groups in total. The summed E-state index contributed by atoms with van der Waals surface area (Å²) in [6.07, 6.45) is 4.40. The van der Waals surface area contributed by atoms with Crippen LogP contribution < -0.4 is 0 Å². The molecule has 1 aliphatic carbocycles. The van der Waals surface area contributed by atoms with E-state index in [2.05, 4.69) is 12.1 Å². The standard InChI is InChI=1S/C14H23NO4/c1-9-5-7-11(8-6-9)14(3,4)19-15-12(10(2)16)13(17)18/h9,11H,5-8H2,1-4H3,(H,17,18)/t9-,11-. The molecule has 1 aliphatic rings. The molecule has 0 saturated heterocycles. The summed E-state index contributed by atoms with van der Waals surface area (Å²) < 4.78 is 0. The average molecular weight is 269 g/mol. The van der Waals surface area contributed by atoms with Gasteiger partial charge in [-0.2, -0.15) is 0 Å². The molecule has 0 atom stereocenters. The summed E-state index contributed by atoms with van der Waals surface area (Å²) in [5.41, 5.74) is -1.09. The van der Waals surface area contributed by atoms with E-state index >= 15 is 0 Å². The Balaban J connectivity index is 2.70. The third-order valence-corrected chi connectivity index (χ3v) is 3.91. The van der Waals surface area contributed by atoms with E-state index in [-0.39, 0.29) is 0 Å². The molecule has 0 radical (unpaired) electrons. The van der Waals surface area contributed by atoms with Gasteiger partial charge in [-0.1, -0.05) is 24.9 Å². The summed E-state index contributed by atoms with van der Waals surface area (Å²) in [6.45, 7) is 7.21. The highest BCUT2D eigenvalue weighted by molar-refractivity contribution is 6.63. The summed E-state index contributed by atoms with van der Waals surface area (Å²) in [5, 5.41) is 12.4. The summed E-state index contributed by atoms with van der Waals surface area (Å²) >= 11 is 0. The number of hydrogen-bond donors (Lipinski definition) is 1. The Morgan fingerprint density at radius 3 is 2.16 bits per heavy atom. The number of nitrogens with zero attached hydrogens (tertiary/aromatic N) is 1. The van der Waals surface area contributed by atoms with Crippen molar-refractivity contribution in [1.29, 1.82) is 0 Å². The van der Waals surface area contributed by atoms with Crippen LogP contribution in [0.15, 0.2) is 5.16 Å². The van der Waals surface area contributed by atoms with Crippen LogP contribution in [-0.2, 0) is 14.4 Å². The van der Waals surface area contributed by atoms with Crippen molar-refractivity contribution in [3.05, 3.63) is 0 Å². The molecular formula is C14H23NO4. The van der Waals surface area contributed by atoms with Crippen LogP contribution in [0.4, 0.5) is 0 Å². The van der Waals surface area contributed by atoms with Gasteiger partial charge >= 0.3 is 5.97 Å². The van der Waals surface area contributed by atoms with E-state index in [9.17, 15) is 9.59 Å².